The molecule has 1 amide bonds. The third-order valence-corrected chi connectivity index (χ3v) is 5.12. The standard InChI is InChI=1S/C21H23N5O.2ClH/c1-26-14-18(11-25-26)19-12-23-13-20(19)21(27)24-9-15-4-6-16(7-5-15)17-3-2-8-22-10-17;;/h2-8,10-11,14,19-20,23H,9,12-13H2,1H3,(H,24,27);2*1H/t19-,20+;;/m1../s1. The van der Waals surface area contributed by atoms with Crippen molar-refractivity contribution in [3.8, 4) is 11.1 Å². The highest BCUT2D eigenvalue weighted by Crippen LogP contribution is 2.28. The molecule has 6 nitrogen and oxygen atoms in total. The first-order valence-electron chi connectivity index (χ1n) is 9.17. The summed E-state index contributed by atoms with van der Waals surface area (Å²) in [5.74, 6) is 0.195. The number of pyridine rings is 1. The molecule has 2 N–H and O–H groups in total. The summed E-state index contributed by atoms with van der Waals surface area (Å²) in [6.45, 7) is 2.04. The Hall–Kier alpha value is -2.41. The predicted molar refractivity (Wildman–Crippen MR) is 118 cm³/mol. The molecule has 1 fully saturated rings. The van der Waals surface area contributed by atoms with Gasteiger partial charge in [0.25, 0.3) is 0 Å². The van der Waals surface area contributed by atoms with Crippen molar-refractivity contribution in [2.75, 3.05) is 13.1 Å². The highest BCUT2D eigenvalue weighted by molar-refractivity contribution is 5.85. The molecular formula is C21H25Cl2N5O. The number of nitrogens with zero attached hydrogens (tertiary/aromatic N) is 3. The van der Waals surface area contributed by atoms with E-state index in [0.717, 1.165) is 28.8 Å². The van der Waals surface area contributed by atoms with E-state index in [-0.39, 0.29) is 42.6 Å². The van der Waals surface area contributed by atoms with Crippen LogP contribution in [0.4, 0.5) is 0 Å². The molecule has 3 heterocycles. The maximum Gasteiger partial charge on any atom is 0.225 e. The van der Waals surface area contributed by atoms with Gasteiger partial charge in [-0.3, -0.25) is 14.5 Å². The number of hydrogen-bond acceptors (Lipinski definition) is 4. The van der Waals surface area contributed by atoms with Gasteiger partial charge in [-0.25, -0.2) is 0 Å². The minimum absolute atomic E-state index is 0. The van der Waals surface area contributed by atoms with E-state index < -0.39 is 0 Å². The Morgan fingerprint density at radius 3 is 2.59 bits per heavy atom. The Balaban J connectivity index is 0.00000150. The molecule has 8 heteroatoms. The normalized spacial score (nSPS) is 17.8. The van der Waals surface area contributed by atoms with Crippen LogP contribution in [-0.4, -0.2) is 33.8 Å². The highest BCUT2D eigenvalue weighted by atomic mass is 35.5. The van der Waals surface area contributed by atoms with Crippen LogP contribution < -0.4 is 10.6 Å². The number of rotatable bonds is 5. The van der Waals surface area contributed by atoms with Crippen molar-refractivity contribution < 1.29 is 4.79 Å². The van der Waals surface area contributed by atoms with Gasteiger partial charge in [-0.15, -0.1) is 24.8 Å². The summed E-state index contributed by atoms with van der Waals surface area (Å²) in [6.07, 6.45) is 7.47. The molecule has 4 rings (SSSR count). The van der Waals surface area contributed by atoms with Gasteiger partial charge in [0, 0.05) is 51.2 Å². The van der Waals surface area contributed by atoms with Crippen LogP contribution in [0.1, 0.15) is 17.0 Å². The number of hydrogen-bond donors (Lipinski definition) is 2. The summed E-state index contributed by atoms with van der Waals surface area (Å²) in [4.78, 5) is 16.9. The fraction of sp³-hybridized carbons (Fsp3) is 0.286. The molecule has 2 atom stereocenters. The monoisotopic (exact) mass is 433 g/mol. The lowest BCUT2D eigenvalue weighted by atomic mass is 9.90. The summed E-state index contributed by atoms with van der Waals surface area (Å²) < 4.78 is 1.78. The number of aryl methyl sites for hydroxylation is 1. The van der Waals surface area contributed by atoms with Gasteiger partial charge in [0.2, 0.25) is 5.91 Å². The highest BCUT2D eigenvalue weighted by Gasteiger charge is 2.34. The van der Waals surface area contributed by atoms with Crippen molar-refractivity contribution in [1.82, 2.24) is 25.4 Å². The first-order chi connectivity index (χ1) is 13.2. The molecular weight excluding hydrogens is 409 g/mol. The molecule has 154 valence electrons. The second-order valence-corrected chi connectivity index (χ2v) is 6.98. The van der Waals surface area contributed by atoms with Gasteiger partial charge in [-0.05, 0) is 28.3 Å². The number of nitrogens with one attached hydrogen (secondary N) is 2. The van der Waals surface area contributed by atoms with Crippen LogP contribution in [0.15, 0.2) is 61.2 Å². The number of aromatic nitrogens is 3. The van der Waals surface area contributed by atoms with Crippen LogP contribution in [0.25, 0.3) is 11.1 Å². The quantitative estimate of drug-likeness (QED) is 0.648. The molecule has 1 aliphatic rings. The van der Waals surface area contributed by atoms with Crippen molar-refractivity contribution in [1.29, 1.82) is 0 Å². The Kier molecular flexibility index (Phi) is 8.20. The number of carbonyl (C=O) groups excluding carboxylic acids is 1. The molecule has 0 unspecified atom stereocenters. The lowest BCUT2D eigenvalue weighted by molar-refractivity contribution is -0.125. The van der Waals surface area contributed by atoms with E-state index >= 15 is 0 Å². The molecule has 0 bridgehead atoms. The third kappa shape index (κ3) is 5.35. The number of carbonyl (C=O) groups is 1. The summed E-state index contributed by atoms with van der Waals surface area (Å²) >= 11 is 0. The van der Waals surface area contributed by atoms with Crippen LogP contribution in [0.2, 0.25) is 0 Å². The maximum absolute atomic E-state index is 12.7. The first kappa shape index (κ1) is 22.9. The zero-order chi connectivity index (χ0) is 18.6. The molecule has 3 aromatic rings. The molecule has 29 heavy (non-hydrogen) atoms. The Labute approximate surface area is 182 Å². The summed E-state index contributed by atoms with van der Waals surface area (Å²) in [5.41, 5.74) is 4.41. The smallest absolute Gasteiger partial charge is 0.225 e. The van der Waals surface area contributed by atoms with Crippen LogP contribution in [0.5, 0.6) is 0 Å². The molecule has 1 saturated heterocycles. The molecule has 0 aliphatic carbocycles. The molecule has 0 saturated carbocycles. The maximum atomic E-state index is 12.7. The second-order valence-electron chi connectivity index (χ2n) is 6.98. The van der Waals surface area contributed by atoms with Crippen molar-refractivity contribution in [2.24, 2.45) is 13.0 Å². The van der Waals surface area contributed by atoms with E-state index in [4.69, 9.17) is 0 Å². The van der Waals surface area contributed by atoms with E-state index in [0.29, 0.717) is 13.1 Å². The third-order valence-electron chi connectivity index (χ3n) is 5.12. The Morgan fingerprint density at radius 1 is 1.14 bits per heavy atom. The minimum Gasteiger partial charge on any atom is -0.352 e. The lowest BCUT2D eigenvalue weighted by Gasteiger charge is -2.17. The molecule has 2 aromatic heterocycles. The first-order valence-corrected chi connectivity index (χ1v) is 9.17. The number of benzene rings is 1. The predicted octanol–water partition coefficient (Wildman–Crippen LogP) is 2.95. The average Bonchev–Trinajstić information content (AvgIpc) is 3.36. The fourth-order valence-corrected chi connectivity index (χ4v) is 3.60. The van der Waals surface area contributed by atoms with Gasteiger partial charge < -0.3 is 10.6 Å². The second kappa shape index (κ2) is 10.4. The fourth-order valence-electron chi connectivity index (χ4n) is 3.60. The minimum atomic E-state index is -0.0659. The van der Waals surface area contributed by atoms with Gasteiger partial charge >= 0.3 is 0 Å². The molecule has 0 radical (unpaired) electrons. The Morgan fingerprint density at radius 2 is 1.93 bits per heavy atom. The van der Waals surface area contributed by atoms with Crippen molar-refractivity contribution in [3.63, 3.8) is 0 Å². The largest absolute Gasteiger partial charge is 0.352 e. The summed E-state index contributed by atoms with van der Waals surface area (Å²) in [6, 6.07) is 12.2. The van der Waals surface area contributed by atoms with Gasteiger partial charge in [0.1, 0.15) is 0 Å². The van der Waals surface area contributed by atoms with Gasteiger partial charge in [0.05, 0.1) is 12.1 Å². The van der Waals surface area contributed by atoms with Crippen LogP contribution in [0.3, 0.4) is 0 Å². The zero-order valence-corrected chi connectivity index (χ0v) is 17.7. The van der Waals surface area contributed by atoms with Gasteiger partial charge in [-0.2, -0.15) is 5.10 Å². The summed E-state index contributed by atoms with van der Waals surface area (Å²) in [7, 11) is 1.90. The van der Waals surface area contributed by atoms with Crippen LogP contribution >= 0.6 is 24.8 Å². The topological polar surface area (TPSA) is 71.8 Å². The molecule has 0 spiro atoms. The number of halogens is 2. The zero-order valence-electron chi connectivity index (χ0n) is 16.1. The van der Waals surface area contributed by atoms with E-state index in [9.17, 15) is 4.79 Å². The van der Waals surface area contributed by atoms with Crippen molar-refractivity contribution in [3.05, 3.63) is 72.3 Å². The molecule has 1 aliphatic heterocycles. The molecule has 1 aromatic carbocycles. The van der Waals surface area contributed by atoms with Crippen LogP contribution in [-0.2, 0) is 18.4 Å². The van der Waals surface area contributed by atoms with Crippen molar-refractivity contribution in [2.45, 2.75) is 12.5 Å². The SMILES string of the molecule is Cl.Cl.Cn1cc([C@H]2CNC[C@@H]2C(=O)NCc2ccc(-c3cccnc3)cc2)cn1. The number of amides is 1. The lowest BCUT2D eigenvalue weighted by Crippen LogP contribution is -2.33. The van der Waals surface area contributed by atoms with Gasteiger partial charge in [0.15, 0.2) is 0 Å². The van der Waals surface area contributed by atoms with Gasteiger partial charge in [-0.1, -0.05) is 30.3 Å². The van der Waals surface area contributed by atoms with E-state index in [1.165, 1.54) is 0 Å². The van der Waals surface area contributed by atoms with E-state index in [1.54, 1.807) is 10.9 Å². The Bertz CT molecular complexity index is 914. The van der Waals surface area contributed by atoms with E-state index in [1.807, 2.05) is 49.9 Å². The van der Waals surface area contributed by atoms with Crippen molar-refractivity contribution >= 4 is 30.7 Å². The summed E-state index contributed by atoms with van der Waals surface area (Å²) in [5, 5.41) is 10.7. The van der Waals surface area contributed by atoms with Crippen LogP contribution in [0, 0.1) is 5.92 Å². The van der Waals surface area contributed by atoms with E-state index in [2.05, 4.69) is 32.8 Å². The average molecular weight is 434 g/mol.